The molecule has 2 heteroatoms. The van der Waals surface area contributed by atoms with Crippen LogP contribution in [0.3, 0.4) is 0 Å². The van der Waals surface area contributed by atoms with Crippen molar-refractivity contribution in [3.63, 3.8) is 0 Å². The van der Waals surface area contributed by atoms with Gasteiger partial charge in [0, 0.05) is 26.3 Å². The van der Waals surface area contributed by atoms with Crippen molar-refractivity contribution in [2.75, 3.05) is 20.3 Å². The van der Waals surface area contributed by atoms with E-state index in [1.807, 2.05) is 0 Å². The number of nitrogens with one attached hydrogen (secondary N) is 1. The smallest absolute Gasteiger partial charge is 0.0467 e. The van der Waals surface area contributed by atoms with E-state index >= 15 is 0 Å². The molecule has 1 aromatic carbocycles. The second-order valence-electron chi connectivity index (χ2n) is 7.25. The fraction of sp³-hybridized carbons (Fsp3) is 0.684. The van der Waals surface area contributed by atoms with Crippen LogP contribution in [0.5, 0.6) is 0 Å². The molecule has 1 N–H and O–H groups in total. The summed E-state index contributed by atoms with van der Waals surface area (Å²) in [6.45, 7) is 6.61. The quantitative estimate of drug-likeness (QED) is 0.805. The Morgan fingerprint density at radius 2 is 1.76 bits per heavy atom. The average molecular weight is 289 g/mol. The summed E-state index contributed by atoms with van der Waals surface area (Å²) in [4.78, 5) is 0. The number of ether oxygens (including phenoxy) is 1. The van der Waals surface area contributed by atoms with Gasteiger partial charge in [0.15, 0.2) is 0 Å². The van der Waals surface area contributed by atoms with Crippen LogP contribution in [-0.4, -0.2) is 26.3 Å². The van der Waals surface area contributed by atoms with Gasteiger partial charge in [-0.15, -0.1) is 0 Å². The van der Waals surface area contributed by atoms with Crippen molar-refractivity contribution >= 4 is 0 Å². The standard InChI is InChI=1S/C19H31NO/c1-19(2,13-14-21-3)15-20-18-11-9-17(10-12-18)16-7-5-4-6-8-16/h4-8,17-18,20H,9-15H2,1-3H3. The highest BCUT2D eigenvalue weighted by atomic mass is 16.5. The Kier molecular flexibility index (Phi) is 6.25. The molecule has 1 aliphatic carbocycles. The van der Waals surface area contributed by atoms with E-state index in [4.69, 9.17) is 4.74 Å². The molecule has 0 amide bonds. The number of hydrogen-bond donors (Lipinski definition) is 1. The van der Waals surface area contributed by atoms with Crippen molar-refractivity contribution in [1.29, 1.82) is 0 Å². The molecule has 0 spiro atoms. The SMILES string of the molecule is COCCC(C)(C)CNC1CCC(c2ccccc2)CC1. The Morgan fingerprint density at radius 3 is 2.38 bits per heavy atom. The fourth-order valence-electron chi connectivity index (χ4n) is 3.24. The Hall–Kier alpha value is -0.860. The maximum absolute atomic E-state index is 5.20. The lowest BCUT2D eigenvalue weighted by atomic mass is 9.81. The van der Waals surface area contributed by atoms with E-state index in [0.29, 0.717) is 11.5 Å². The largest absolute Gasteiger partial charge is 0.385 e. The summed E-state index contributed by atoms with van der Waals surface area (Å²) < 4.78 is 5.20. The van der Waals surface area contributed by atoms with E-state index in [9.17, 15) is 0 Å². The molecular formula is C19H31NO. The van der Waals surface area contributed by atoms with Crippen molar-refractivity contribution in [1.82, 2.24) is 5.32 Å². The minimum absolute atomic E-state index is 0.326. The van der Waals surface area contributed by atoms with Crippen LogP contribution in [0.2, 0.25) is 0 Å². The molecule has 0 saturated heterocycles. The van der Waals surface area contributed by atoms with Crippen molar-refractivity contribution < 1.29 is 4.74 Å². The molecule has 1 aromatic rings. The van der Waals surface area contributed by atoms with Crippen LogP contribution < -0.4 is 5.32 Å². The van der Waals surface area contributed by atoms with Crippen LogP contribution in [0.25, 0.3) is 0 Å². The predicted octanol–water partition coefficient (Wildman–Crippen LogP) is 4.37. The number of methoxy groups -OCH3 is 1. The molecule has 1 aliphatic rings. The first kappa shape index (κ1) is 16.5. The summed E-state index contributed by atoms with van der Waals surface area (Å²) in [6.07, 6.45) is 6.37. The molecule has 0 atom stereocenters. The Balaban J connectivity index is 1.72. The van der Waals surface area contributed by atoms with Gasteiger partial charge in [-0.1, -0.05) is 44.2 Å². The topological polar surface area (TPSA) is 21.3 Å². The zero-order valence-corrected chi connectivity index (χ0v) is 13.9. The first-order chi connectivity index (χ1) is 10.1. The highest BCUT2D eigenvalue weighted by molar-refractivity contribution is 5.20. The van der Waals surface area contributed by atoms with Gasteiger partial charge in [-0.3, -0.25) is 0 Å². The van der Waals surface area contributed by atoms with E-state index in [1.165, 1.54) is 31.2 Å². The summed E-state index contributed by atoms with van der Waals surface area (Å²) in [5.74, 6) is 0.769. The maximum Gasteiger partial charge on any atom is 0.0467 e. The van der Waals surface area contributed by atoms with Gasteiger partial charge in [-0.05, 0) is 49.0 Å². The van der Waals surface area contributed by atoms with Gasteiger partial charge in [0.25, 0.3) is 0 Å². The molecule has 0 heterocycles. The van der Waals surface area contributed by atoms with Gasteiger partial charge in [-0.25, -0.2) is 0 Å². The van der Waals surface area contributed by atoms with Gasteiger partial charge in [0.1, 0.15) is 0 Å². The number of hydrogen-bond acceptors (Lipinski definition) is 2. The lowest BCUT2D eigenvalue weighted by molar-refractivity contribution is 0.147. The third kappa shape index (κ3) is 5.44. The van der Waals surface area contributed by atoms with Crippen LogP contribution in [0.4, 0.5) is 0 Å². The summed E-state index contributed by atoms with van der Waals surface area (Å²) >= 11 is 0. The molecule has 0 aliphatic heterocycles. The molecule has 0 bridgehead atoms. The second-order valence-corrected chi connectivity index (χ2v) is 7.25. The molecule has 2 rings (SSSR count). The molecule has 0 unspecified atom stereocenters. The van der Waals surface area contributed by atoms with Crippen molar-refractivity contribution in [2.24, 2.45) is 5.41 Å². The molecule has 0 radical (unpaired) electrons. The lowest BCUT2D eigenvalue weighted by Crippen LogP contribution is -2.39. The van der Waals surface area contributed by atoms with Crippen LogP contribution in [0.1, 0.15) is 57.4 Å². The van der Waals surface area contributed by atoms with Crippen molar-refractivity contribution in [3.05, 3.63) is 35.9 Å². The molecule has 118 valence electrons. The zero-order chi connectivity index (χ0) is 15.1. The molecule has 0 aromatic heterocycles. The average Bonchev–Trinajstić information content (AvgIpc) is 2.53. The Bertz CT molecular complexity index is 393. The molecule has 2 nitrogen and oxygen atoms in total. The first-order valence-corrected chi connectivity index (χ1v) is 8.38. The van der Waals surface area contributed by atoms with E-state index < -0.39 is 0 Å². The van der Waals surface area contributed by atoms with E-state index in [0.717, 1.165) is 25.5 Å². The van der Waals surface area contributed by atoms with Gasteiger partial charge in [-0.2, -0.15) is 0 Å². The van der Waals surface area contributed by atoms with E-state index in [1.54, 1.807) is 7.11 Å². The summed E-state index contributed by atoms with van der Waals surface area (Å²) in [5, 5.41) is 3.79. The monoisotopic (exact) mass is 289 g/mol. The zero-order valence-electron chi connectivity index (χ0n) is 13.9. The predicted molar refractivity (Wildman–Crippen MR) is 89.7 cm³/mol. The number of benzene rings is 1. The van der Waals surface area contributed by atoms with Crippen molar-refractivity contribution in [3.8, 4) is 0 Å². The van der Waals surface area contributed by atoms with Crippen LogP contribution in [0, 0.1) is 5.41 Å². The Labute approximate surface area is 130 Å². The van der Waals surface area contributed by atoms with Gasteiger partial charge >= 0.3 is 0 Å². The number of rotatable bonds is 7. The van der Waals surface area contributed by atoms with Gasteiger partial charge < -0.3 is 10.1 Å². The molecule has 1 saturated carbocycles. The highest BCUT2D eigenvalue weighted by Gasteiger charge is 2.24. The van der Waals surface area contributed by atoms with E-state index in [2.05, 4.69) is 49.5 Å². The van der Waals surface area contributed by atoms with Crippen LogP contribution in [-0.2, 0) is 4.74 Å². The second kappa shape index (κ2) is 7.95. The third-order valence-electron chi connectivity index (χ3n) is 4.85. The first-order valence-electron chi connectivity index (χ1n) is 8.38. The highest BCUT2D eigenvalue weighted by Crippen LogP contribution is 2.33. The normalized spacial score (nSPS) is 23.2. The minimum atomic E-state index is 0.326. The van der Waals surface area contributed by atoms with Gasteiger partial charge in [0.05, 0.1) is 0 Å². The molecule has 21 heavy (non-hydrogen) atoms. The lowest BCUT2D eigenvalue weighted by Gasteiger charge is -2.33. The molecule has 1 fully saturated rings. The summed E-state index contributed by atoms with van der Waals surface area (Å²) in [7, 11) is 1.79. The third-order valence-corrected chi connectivity index (χ3v) is 4.85. The van der Waals surface area contributed by atoms with Crippen molar-refractivity contribution in [2.45, 2.75) is 57.9 Å². The van der Waals surface area contributed by atoms with Crippen LogP contribution >= 0.6 is 0 Å². The summed E-state index contributed by atoms with van der Waals surface area (Å²) in [5.41, 5.74) is 1.85. The van der Waals surface area contributed by atoms with E-state index in [-0.39, 0.29) is 0 Å². The van der Waals surface area contributed by atoms with Gasteiger partial charge in [0.2, 0.25) is 0 Å². The minimum Gasteiger partial charge on any atom is -0.385 e. The Morgan fingerprint density at radius 1 is 1.10 bits per heavy atom. The summed E-state index contributed by atoms with van der Waals surface area (Å²) in [6, 6.07) is 11.7. The fourth-order valence-corrected chi connectivity index (χ4v) is 3.24. The van der Waals surface area contributed by atoms with Crippen LogP contribution in [0.15, 0.2) is 30.3 Å². The molecular weight excluding hydrogens is 258 g/mol. The maximum atomic E-state index is 5.20.